The second kappa shape index (κ2) is 11.5. The number of anilines is 2. The van der Waals surface area contributed by atoms with E-state index >= 15 is 0 Å². The second-order valence-electron chi connectivity index (χ2n) is 8.85. The number of furan rings is 1. The fraction of sp³-hybridized carbons (Fsp3) is 0.167. The Morgan fingerprint density at radius 1 is 0.895 bits per heavy atom. The van der Waals surface area contributed by atoms with E-state index in [9.17, 15) is 9.59 Å². The third-order valence-electron chi connectivity index (χ3n) is 6.20. The van der Waals surface area contributed by atoms with Crippen molar-refractivity contribution in [3.63, 3.8) is 0 Å². The monoisotopic (exact) mass is 508 g/mol. The minimum absolute atomic E-state index is 0.152. The maximum atomic E-state index is 13.5. The van der Waals surface area contributed by atoms with Crippen LogP contribution in [0.2, 0.25) is 0 Å². The van der Waals surface area contributed by atoms with Crippen molar-refractivity contribution < 1.29 is 18.7 Å². The number of nitrogens with one attached hydrogen (secondary N) is 2. The van der Waals surface area contributed by atoms with Crippen molar-refractivity contribution in [2.75, 3.05) is 11.6 Å². The van der Waals surface area contributed by atoms with E-state index in [-0.39, 0.29) is 24.2 Å². The van der Waals surface area contributed by atoms with E-state index < -0.39 is 0 Å². The molecule has 4 aromatic rings. The molecule has 0 unspecified atom stereocenters. The first-order chi connectivity index (χ1) is 18.6. The van der Waals surface area contributed by atoms with Crippen molar-refractivity contribution in [3.8, 4) is 5.75 Å². The molecule has 0 aliphatic heterocycles. The summed E-state index contributed by atoms with van der Waals surface area (Å²) in [6, 6.07) is 28.3. The molecule has 3 aromatic carbocycles. The van der Waals surface area contributed by atoms with Gasteiger partial charge in [-0.3, -0.25) is 20.0 Å². The number of hydrazone groups is 1. The van der Waals surface area contributed by atoms with Gasteiger partial charge >= 0.3 is 5.91 Å². The Balaban J connectivity index is 1.33. The number of benzene rings is 3. The minimum atomic E-state index is -0.371. The molecule has 1 aliphatic carbocycles. The van der Waals surface area contributed by atoms with Crippen LogP contribution >= 0.6 is 0 Å². The zero-order valence-electron chi connectivity index (χ0n) is 21.0. The van der Waals surface area contributed by atoms with Gasteiger partial charge in [0.2, 0.25) is 0 Å². The summed E-state index contributed by atoms with van der Waals surface area (Å²) in [4.78, 5) is 25.8. The lowest BCUT2D eigenvalue weighted by Gasteiger charge is -2.25. The third-order valence-corrected chi connectivity index (χ3v) is 6.20. The highest BCUT2D eigenvalue weighted by Crippen LogP contribution is 2.30. The van der Waals surface area contributed by atoms with Gasteiger partial charge in [-0.25, -0.2) is 5.43 Å². The Labute approximate surface area is 220 Å². The predicted molar refractivity (Wildman–Crippen MR) is 145 cm³/mol. The van der Waals surface area contributed by atoms with Gasteiger partial charge < -0.3 is 9.15 Å². The molecule has 0 spiro atoms. The van der Waals surface area contributed by atoms with Gasteiger partial charge in [0.25, 0.3) is 5.91 Å². The molecule has 1 aromatic heterocycles. The Morgan fingerprint density at radius 2 is 1.50 bits per heavy atom. The summed E-state index contributed by atoms with van der Waals surface area (Å²) in [6.07, 6.45) is 2.15. The largest absolute Gasteiger partial charge is 0.484 e. The number of fused-ring (bicyclic) bond motifs is 1. The van der Waals surface area contributed by atoms with E-state index in [0.717, 1.165) is 23.4 Å². The first-order valence-electron chi connectivity index (χ1n) is 12.5. The quantitative estimate of drug-likeness (QED) is 0.315. The fourth-order valence-corrected chi connectivity index (χ4v) is 4.41. The molecular formula is C30H28N4O4. The summed E-state index contributed by atoms with van der Waals surface area (Å²) in [7, 11) is 0. The van der Waals surface area contributed by atoms with Gasteiger partial charge in [-0.1, -0.05) is 54.6 Å². The normalized spacial score (nSPS) is 13.4. The first-order valence-corrected chi connectivity index (χ1v) is 12.5. The molecule has 0 saturated carbocycles. The van der Waals surface area contributed by atoms with Gasteiger partial charge in [-0.05, 0) is 56.2 Å². The summed E-state index contributed by atoms with van der Waals surface area (Å²) in [5.74, 6) is 0.786. The van der Waals surface area contributed by atoms with Crippen LogP contribution in [0.5, 0.6) is 5.75 Å². The van der Waals surface area contributed by atoms with Gasteiger partial charge in [-0.2, -0.15) is 5.10 Å². The molecule has 0 radical (unpaired) electrons. The highest BCUT2D eigenvalue weighted by molar-refractivity contribution is 6.07. The molecule has 0 bridgehead atoms. The number of para-hydroxylation sites is 3. The average molecular weight is 509 g/mol. The number of ether oxygens (including phenoxy) is 1. The van der Waals surface area contributed by atoms with Crippen LogP contribution in [0.4, 0.5) is 11.4 Å². The first kappa shape index (κ1) is 24.8. The van der Waals surface area contributed by atoms with Crippen molar-refractivity contribution in [1.29, 1.82) is 0 Å². The van der Waals surface area contributed by atoms with Crippen LogP contribution in [0, 0.1) is 6.92 Å². The lowest BCUT2D eigenvalue weighted by Crippen LogP contribution is -2.39. The fourth-order valence-electron chi connectivity index (χ4n) is 4.41. The number of nitrogens with zero attached hydrogens (tertiary/aromatic N) is 2. The van der Waals surface area contributed by atoms with Gasteiger partial charge in [-0.15, -0.1) is 0 Å². The van der Waals surface area contributed by atoms with E-state index in [1.807, 2.05) is 85.8 Å². The Morgan fingerprint density at radius 3 is 2.13 bits per heavy atom. The molecule has 38 heavy (non-hydrogen) atoms. The molecule has 0 fully saturated rings. The lowest BCUT2D eigenvalue weighted by molar-refractivity contribution is -0.123. The highest BCUT2D eigenvalue weighted by Gasteiger charge is 2.29. The molecule has 0 saturated heterocycles. The SMILES string of the molecule is Cc1c(C(=O)NN(c2ccccc2)c2ccccc2)oc2c1/C(=N/NC(=O)COc1ccccc1)CCC2. The highest BCUT2D eigenvalue weighted by atomic mass is 16.5. The van der Waals surface area contributed by atoms with Crippen molar-refractivity contribution in [3.05, 3.63) is 114 Å². The van der Waals surface area contributed by atoms with Gasteiger partial charge in [0.05, 0.1) is 17.1 Å². The van der Waals surface area contributed by atoms with E-state index in [4.69, 9.17) is 9.15 Å². The molecule has 2 amide bonds. The van der Waals surface area contributed by atoms with Crippen LogP contribution in [0.15, 0.2) is 101 Å². The molecule has 192 valence electrons. The Bertz CT molecular complexity index is 1390. The van der Waals surface area contributed by atoms with Crippen LogP contribution in [0.25, 0.3) is 0 Å². The molecule has 1 heterocycles. The van der Waals surface area contributed by atoms with Gasteiger partial charge in [0.1, 0.15) is 11.5 Å². The van der Waals surface area contributed by atoms with E-state index in [2.05, 4.69) is 16.0 Å². The molecular weight excluding hydrogens is 480 g/mol. The summed E-state index contributed by atoms with van der Waals surface area (Å²) < 4.78 is 11.5. The van der Waals surface area contributed by atoms with Crippen molar-refractivity contribution >= 4 is 28.9 Å². The number of rotatable bonds is 8. The van der Waals surface area contributed by atoms with Gasteiger partial charge in [0.15, 0.2) is 12.4 Å². The van der Waals surface area contributed by atoms with Crippen molar-refractivity contribution in [2.24, 2.45) is 5.10 Å². The number of carbonyl (C=O) groups excluding carboxylic acids is 2. The smallest absolute Gasteiger partial charge is 0.306 e. The number of amides is 2. The summed E-state index contributed by atoms with van der Waals surface area (Å²) >= 11 is 0. The Kier molecular flexibility index (Phi) is 7.49. The molecule has 8 heteroatoms. The van der Waals surface area contributed by atoms with Crippen LogP contribution in [-0.2, 0) is 11.2 Å². The van der Waals surface area contributed by atoms with E-state index in [1.165, 1.54) is 0 Å². The zero-order valence-corrected chi connectivity index (χ0v) is 21.0. The second-order valence-corrected chi connectivity index (χ2v) is 8.85. The lowest BCUT2D eigenvalue weighted by atomic mass is 9.93. The maximum absolute atomic E-state index is 13.5. The predicted octanol–water partition coefficient (Wildman–Crippen LogP) is 5.31. The summed E-state index contributed by atoms with van der Waals surface area (Å²) in [5, 5.41) is 6.09. The summed E-state index contributed by atoms with van der Waals surface area (Å²) in [6.45, 7) is 1.69. The Hall–Kier alpha value is -4.85. The molecule has 1 aliphatic rings. The average Bonchev–Trinajstić information content (AvgIpc) is 3.32. The van der Waals surface area contributed by atoms with Crippen molar-refractivity contribution in [1.82, 2.24) is 10.9 Å². The van der Waals surface area contributed by atoms with E-state index in [1.54, 1.807) is 17.1 Å². The van der Waals surface area contributed by atoms with Crippen LogP contribution in [0.3, 0.4) is 0 Å². The van der Waals surface area contributed by atoms with Crippen LogP contribution in [-0.4, -0.2) is 24.1 Å². The van der Waals surface area contributed by atoms with E-state index in [0.29, 0.717) is 35.6 Å². The number of hydrogen-bond acceptors (Lipinski definition) is 6. The minimum Gasteiger partial charge on any atom is -0.484 e. The number of hydrazine groups is 1. The standard InChI is InChI=1S/C30H28N4O4/c1-21-28-25(31-32-27(35)20-37-24-16-9-4-10-17-24)18-11-19-26(28)38-29(21)30(36)33-34(22-12-5-2-6-13-22)23-14-7-3-8-15-23/h2-10,12-17H,11,18-20H2,1H3,(H,32,35)(H,33,36)/b31-25+. The topological polar surface area (TPSA) is 96.2 Å². The number of carbonyl (C=O) groups is 2. The van der Waals surface area contributed by atoms with Crippen LogP contribution < -0.4 is 20.6 Å². The number of hydrogen-bond donors (Lipinski definition) is 2. The van der Waals surface area contributed by atoms with Gasteiger partial charge in [0, 0.05) is 17.5 Å². The maximum Gasteiger partial charge on any atom is 0.306 e. The molecule has 5 rings (SSSR count). The summed E-state index contributed by atoms with van der Waals surface area (Å²) in [5.41, 5.74) is 9.33. The number of aryl methyl sites for hydroxylation is 1. The third kappa shape index (κ3) is 5.59. The molecule has 0 atom stereocenters. The molecule has 8 nitrogen and oxygen atoms in total. The molecule has 2 N–H and O–H groups in total. The van der Waals surface area contributed by atoms with Crippen molar-refractivity contribution in [2.45, 2.75) is 26.2 Å². The zero-order chi connectivity index (χ0) is 26.3. The van der Waals surface area contributed by atoms with Crippen LogP contribution in [0.1, 0.15) is 40.3 Å².